The third-order valence-electron chi connectivity index (χ3n) is 6.87. The quantitative estimate of drug-likeness (QED) is 0.318. The summed E-state index contributed by atoms with van der Waals surface area (Å²) in [6.45, 7) is 12.6. The molecule has 3 aliphatic rings. The lowest BCUT2D eigenvalue weighted by Crippen LogP contribution is -2.57. The zero-order chi connectivity index (χ0) is 21.6. The molecule has 8 nitrogen and oxygen atoms in total. The number of amides is 1. The largest absolute Gasteiger partial charge is 0.381 e. The van der Waals surface area contributed by atoms with E-state index in [1.165, 1.54) is 6.42 Å². The molecule has 3 rings (SSSR count). The Morgan fingerprint density at radius 3 is 2.26 bits per heavy atom. The number of ether oxygens (including phenoxy) is 2. The number of nitrogens with zero attached hydrogens (tertiary/aromatic N) is 4. The van der Waals surface area contributed by atoms with E-state index >= 15 is 0 Å². The van der Waals surface area contributed by atoms with E-state index in [1.54, 1.807) is 7.11 Å². The summed E-state index contributed by atoms with van der Waals surface area (Å²) in [6, 6.07) is 0. The van der Waals surface area contributed by atoms with E-state index in [0.717, 1.165) is 77.8 Å². The molecule has 3 fully saturated rings. The molecule has 0 radical (unpaired) electrons. The number of methoxy groups -OCH3 is 1. The summed E-state index contributed by atoms with van der Waals surface area (Å²) >= 11 is 0. The summed E-state index contributed by atoms with van der Waals surface area (Å²) in [5, 5.41) is 3.52. The van der Waals surface area contributed by atoms with Gasteiger partial charge in [0.05, 0.1) is 12.1 Å². The Balaban J connectivity index is 0.00000341. The molecule has 180 valence electrons. The van der Waals surface area contributed by atoms with Crippen LogP contribution in [0.1, 0.15) is 33.1 Å². The SMILES string of the molecule is CN=C(NCC1(OC)CCOCC1)N1CCN(CC(=O)N2CC(C)CC(C)C2)CC1.I. The van der Waals surface area contributed by atoms with Gasteiger partial charge in [0, 0.05) is 86.0 Å². The number of aliphatic imine (C=N–C) groups is 1. The van der Waals surface area contributed by atoms with Crippen LogP contribution in [0.2, 0.25) is 0 Å². The summed E-state index contributed by atoms with van der Waals surface area (Å²) in [5.74, 6) is 2.42. The molecular formula is C22H42IN5O3. The molecule has 1 N–H and O–H groups in total. The maximum atomic E-state index is 12.8. The van der Waals surface area contributed by atoms with Crippen LogP contribution in [0.25, 0.3) is 0 Å². The van der Waals surface area contributed by atoms with Gasteiger partial charge in [-0.3, -0.25) is 14.7 Å². The molecule has 9 heteroatoms. The number of carbonyl (C=O) groups is 1. The molecule has 0 saturated carbocycles. The van der Waals surface area contributed by atoms with Gasteiger partial charge in [-0.15, -0.1) is 24.0 Å². The number of halogens is 1. The summed E-state index contributed by atoms with van der Waals surface area (Å²) in [5.41, 5.74) is -0.175. The van der Waals surface area contributed by atoms with E-state index < -0.39 is 0 Å². The lowest BCUT2D eigenvalue weighted by atomic mass is 9.92. The predicted molar refractivity (Wildman–Crippen MR) is 134 cm³/mol. The Labute approximate surface area is 205 Å². The van der Waals surface area contributed by atoms with Crippen molar-refractivity contribution in [2.75, 3.05) is 79.7 Å². The molecule has 31 heavy (non-hydrogen) atoms. The number of nitrogens with one attached hydrogen (secondary N) is 1. The maximum absolute atomic E-state index is 12.8. The van der Waals surface area contributed by atoms with Gasteiger partial charge in [-0.05, 0) is 18.3 Å². The van der Waals surface area contributed by atoms with Crippen molar-refractivity contribution < 1.29 is 14.3 Å². The van der Waals surface area contributed by atoms with Crippen LogP contribution in [0.5, 0.6) is 0 Å². The third kappa shape index (κ3) is 7.43. The number of piperazine rings is 1. The van der Waals surface area contributed by atoms with Gasteiger partial charge in [0.25, 0.3) is 0 Å². The molecule has 3 aliphatic heterocycles. The van der Waals surface area contributed by atoms with E-state index in [-0.39, 0.29) is 35.5 Å². The standard InChI is InChI=1S/C22H41N5O3.HI/c1-18-13-19(2)15-27(14-18)20(28)16-25-7-9-26(10-8-25)21(23-3)24-17-22(29-4)5-11-30-12-6-22;/h18-19H,5-17H2,1-4H3,(H,23,24);1H. The molecular weight excluding hydrogens is 509 g/mol. The molecule has 0 aromatic heterocycles. The van der Waals surface area contributed by atoms with Gasteiger partial charge < -0.3 is 24.6 Å². The highest BCUT2D eigenvalue weighted by atomic mass is 127. The molecule has 0 bridgehead atoms. The van der Waals surface area contributed by atoms with Gasteiger partial charge in [0.15, 0.2) is 5.96 Å². The Morgan fingerprint density at radius 1 is 1.10 bits per heavy atom. The van der Waals surface area contributed by atoms with Crippen LogP contribution in [0, 0.1) is 11.8 Å². The van der Waals surface area contributed by atoms with Crippen molar-refractivity contribution in [2.24, 2.45) is 16.8 Å². The number of hydrogen-bond acceptors (Lipinski definition) is 5. The average Bonchev–Trinajstić information content (AvgIpc) is 2.75. The zero-order valence-electron chi connectivity index (χ0n) is 19.8. The Bertz CT molecular complexity index is 582. The van der Waals surface area contributed by atoms with Crippen molar-refractivity contribution in [3.05, 3.63) is 0 Å². The fourth-order valence-corrected chi connectivity index (χ4v) is 5.04. The van der Waals surface area contributed by atoms with Crippen LogP contribution in [-0.4, -0.2) is 112 Å². The van der Waals surface area contributed by atoms with E-state index in [4.69, 9.17) is 9.47 Å². The highest BCUT2D eigenvalue weighted by Crippen LogP contribution is 2.24. The number of piperidine rings is 1. The normalized spacial score (nSPS) is 27.5. The van der Waals surface area contributed by atoms with Crippen molar-refractivity contribution in [3.8, 4) is 0 Å². The first kappa shape index (κ1) is 26.6. The van der Waals surface area contributed by atoms with Crippen LogP contribution >= 0.6 is 24.0 Å². The van der Waals surface area contributed by atoms with E-state index in [2.05, 4.69) is 38.9 Å². The second-order valence-electron chi connectivity index (χ2n) is 9.41. The number of rotatable bonds is 5. The zero-order valence-corrected chi connectivity index (χ0v) is 22.1. The maximum Gasteiger partial charge on any atom is 0.236 e. The van der Waals surface area contributed by atoms with Gasteiger partial charge in [0.2, 0.25) is 5.91 Å². The molecule has 1 amide bonds. The van der Waals surface area contributed by atoms with Crippen LogP contribution in [0.4, 0.5) is 0 Å². The third-order valence-corrected chi connectivity index (χ3v) is 6.87. The molecule has 0 spiro atoms. The van der Waals surface area contributed by atoms with Crippen LogP contribution in [0.3, 0.4) is 0 Å². The van der Waals surface area contributed by atoms with Gasteiger partial charge in [-0.2, -0.15) is 0 Å². The topological polar surface area (TPSA) is 69.6 Å². The van der Waals surface area contributed by atoms with Crippen molar-refractivity contribution in [1.29, 1.82) is 0 Å². The van der Waals surface area contributed by atoms with Crippen molar-refractivity contribution in [3.63, 3.8) is 0 Å². The second kappa shape index (κ2) is 12.6. The van der Waals surface area contributed by atoms with Crippen molar-refractivity contribution >= 4 is 35.8 Å². The van der Waals surface area contributed by atoms with Crippen LogP contribution < -0.4 is 5.32 Å². The molecule has 3 saturated heterocycles. The van der Waals surface area contributed by atoms with Gasteiger partial charge in [-0.1, -0.05) is 13.8 Å². The summed E-state index contributed by atoms with van der Waals surface area (Å²) in [6.07, 6.45) is 3.03. The van der Waals surface area contributed by atoms with Crippen molar-refractivity contribution in [1.82, 2.24) is 20.0 Å². The fourth-order valence-electron chi connectivity index (χ4n) is 5.04. The first-order valence-corrected chi connectivity index (χ1v) is 11.5. The fraction of sp³-hybridized carbons (Fsp3) is 0.909. The Kier molecular flexibility index (Phi) is 10.8. The molecule has 0 aliphatic carbocycles. The molecule has 0 aromatic carbocycles. The predicted octanol–water partition coefficient (Wildman–Crippen LogP) is 1.50. The highest BCUT2D eigenvalue weighted by molar-refractivity contribution is 14.0. The lowest BCUT2D eigenvalue weighted by Gasteiger charge is -2.40. The lowest BCUT2D eigenvalue weighted by molar-refractivity contribution is -0.135. The minimum absolute atomic E-state index is 0. The molecule has 2 unspecified atom stereocenters. The number of guanidine groups is 1. The molecule has 2 atom stereocenters. The highest BCUT2D eigenvalue weighted by Gasteiger charge is 2.33. The van der Waals surface area contributed by atoms with E-state index in [0.29, 0.717) is 18.4 Å². The van der Waals surface area contributed by atoms with Gasteiger partial charge in [-0.25, -0.2) is 0 Å². The van der Waals surface area contributed by atoms with Crippen LogP contribution in [0.15, 0.2) is 4.99 Å². The minimum Gasteiger partial charge on any atom is -0.381 e. The number of hydrogen-bond donors (Lipinski definition) is 1. The van der Waals surface area contributed by atoms with Gasteiger partial charge >= 0.3 is 0 Å². The van der Waals surface area contributed by atoms with Crippen molar-refractivity contribution in [2.45, 2.75) is 38.7 Å². The van der Waals surface area contributed by atoms with Crippen LogP contribution in [-0.2, 0) is 14.3 Å². The number of likely N-dealkylation sites (tertiary alicyclic amines) is 1. The summed E-state index contributed by atoms with van der Waals surface area (Å²) in [7, 11) is 3.62. The van der Waals surface area contributed by atoms with E-state index in [9.17, 15) is 4.79 Å². The Morgan fingerprint density at radius 2 is 1.71 bits per heavy atom. The molecule has 3 heterocycles. The summed E-state index contributed by atoms with van der Waals surface area (Å²) in [4.78, 5) is 23.9. The number of carbonyl (C=O) groups excluding carboxylic acids is 1. The average molecular weight is 552 g/mol. The minimum atomic E-state index is -0.175. The second-order valence-corrected chi connectivity index (χ2v) is 9.41. The monoisotopic (exact) mass is 551 g/mol. The summed E-state index contributed by atoms with van der Waals surface area (Å²) < 4.78 is 11.3. The first-order chi connectivity index (χ1) is 14.4. The Hall–Kier alpha value is -0.650. The molecule has 0 aromatic rings. The smallest absolute Gasteiger partial charge is 0.236 e. The van der Waals surface area contributed by atoms with Gasteiger partial charge in [0.1, 0.15) is 0 Å². The first-order valence-electron chi connectivity index (χ1n) is 11.5. The van der Waals surface area contributed by atoms with E-state index in [1.807, 2.05) is 7.05 Å².